The second kappa shape index (κ2) is 6.83. The Morgan fingerprint density at radius 2 is 2.00 bits per heavy atom. The second-order valence-corrected chi connectivity index (χ2v) is 5.75. The highest BCUT2D eigenvalue weighted by Crippen LogP contribution is 2.15. The molecule has 3 rings (SSSR count). The number of hydrogen-bond donors (Lipinski definition) is 1. The molecule has 0 amide bonds. The molecule has 23 heavy (non-hydrogen) atoms. The number of aromatic hydroxyl groups is 1. The van der Waals surface area contributed by atoms with E-state index < -0.39 is 0 Å². The highest BCUT2D eigenvalue weighted by atomic mass is 16.3. The Bertz CT molecular complexity index is 706. The van der Waals surface area contributed by atoms with Crippen molar-refractivity contribution in [1.29, 1.82) is 0 Å². The third kappa shape index (κ3) is 3.53. The zero-order valence-electron chi connectivity index (χ0n) is 13.4. The minimum absolute atomic E-state index is 0.185. The molecule has 6 heteroatoms. The van der Waals surface area contributed by atoms with Gasteiger partial charge in [-0.05, 0) is 19.1 Å². The molecule has 0 unspecified atom stereocenters. The van der Waals surface area contributed by atoms with Gasteiger partial charge in [-0.1, -0.05) is 6.07 Å². The summed E-state index contributed by atoms with van der Waals surface area (Å²) in [6.45, 7) is 7.16. The molecular weight excluding hydrogens is 292 g/mol. The van der Waals surface area contributed by atoms with Crippen molar-refractivity contribution in [2.75, 3.05) is 31.1 Å². The fourth-order valence-electron chi connectivity index (χ4n) is 2.94. The maximum atomic E-state index is 11.7. The summed E-state index contributed by atoms with van der Waals surface area (Å²) in [6.07, 6.45) is 3.35. The average molecular weight is 314 g/mol. The van der Waals surface area contributed by atoms with E-state index in [9.17, 15) is 9.90 Å². The molecule has 1 aliphatic rings. The topological polar surface area (TPSA) is 61.6 Å². The summed E-state index contributed by atoms with van der Waals surface area (Å²) in [5.41, 5.74) is 0.637. The molecule has 0 radical (unpaired) electrons. The molecular formula is C17H22N4O2. The van der Waals surface area contributed by atoms with Gasteiger partial charge in [-0.25, -0.2) is 4.98 Å². The molecule has 122 valence electrons. The minimum atomic E-state index is -0.308. The van der Waals surface area contributed by atoms with E-state index in [2.05, 4.69) is 14.8 Å². The van der Waals surface area contributed by atoms with E-state index in [1.165, 1.54) is 6.20 Å². The van der Waals surface area contributed by atoms with Crippen molar-refractivity contribution in [3.8, 4) is 5.75 Å². The van der Waals surface area contributed by atoms with Gasteiger partial charge in [-0.15, -0.1) is 0 Å². The van der Waals surface area contributed by atoms with E-state index in [0.717, 1.165) is 50.8 Å². The van der Waals surface area contributed by atoms with Gasteiger partial charge >= 0.3 is 0 Å². The molecule has 1 N–H and O–H groups in total. The molecule has 3 heterocycles. The molecule has 0 atom stereocenters. The number of aromatic nitrogens is 2. The van der Waals surface area contributed by atoms with Gasteiger partial charge in [0.1, 0.15) is 5.82 Å². The third-order valence-corrected chi connectivity index (χ3v) is 4.27. The maximum Gasteiger partial charge on any atom is 0.223 e. The van der Waals surface area contributed by atoms with Gasteiger partial charge in [-0.3, -0.25) is 9.69 Å². The Labute approximate surface area is 135 Å². The lowest BCUT2D eigenvalue weighted by atomic mass is 10.2. The summed E-state index contributed by atoms with van der Waals surface area (Å²) in [6, 6.07) is 7.51. The molecule has 0 bridgehead atoms. The van der Waals surface area contributed by atoms with Crippen molar-refractivity contribution in [1.82, 2.24) is 14.5 Å². The van der Waals surface area contributed by atoms with E-state index in [0.29, 0.717) is 0 Å². The van der Waals surface area contributed by atoms with Crippen LogP contribution < -0.4 is 10.3 Å². The zero-order valence-corrected chi connectivity index (χ0v) is 13.4. The van der Waals surface area contributed by atoms with Crippen molar-refractivity contribution in [2.24, 2.45) is 0 Å². The van der Waals surface area contributed by atoms with Gasteiger partial charge in [0, 0.05) is 57.2 Å². The quantitative estimate of drug-likeness (QED) is 0.921. The first kappa shape index (κ1) is 15.6. The largest absolute Gasteiger partial charge is 0.503 e. The summed E-state index contributed by atoms with van der Waals surface area (Å²) in [5, 5.41) is 9.56. The monoisotopic (exact) mass is 314 g/mol. The van der Waals surface area contributed by atoms with E-state index in [4.69, 9.17) is 0 Å². The van der Waals surface area contributed by atoms with Gasteiger partial charge in [0.05, 0.1) is 6.20 Å². The third-order valence-electron chi connectivity index (χ3n) is 4.27. The van der Waals surface area contributed by atoms with Crippen LogP contribution in [-0.4, -0.2) is 45.7 Å². The number of piperazine rings is 1. The first-order valence-electron chi connectivity index (χ1n) is 7.98. The van der Waals surface area contributed by atoms with Crippen LogP contribution >= 0.6 is 0 Å². The summed E-state index contributed by atoms with van der Waals surface area (Å²) in [7, 11) is 0. The Hall–Kier alpha value is -2.34. The first-order chi connectivity index (χ1) is 11.2. The smallest absolute Gasteiger partial charge is 0.223 e. The van der Waals surface area contributed by atoms with Gasteiger partial charge in [-0.2, -0.15) is 0 Å². The van der Waals surface area contributed by atoms with Crippen LogP contribution in [0, 0.1) is 0 Å². The molecule has 0 aliphatic carbocycles. The van der Waals surface area contributed by atoms with Crippen molar-refractivity contribution in [3.05, 3.63) is 52.6 Å². The lowest BCUT2D eigenvalue weighted by molar-refractivity contribution is 0.242. The molecule has 0 saturated carbocycles. The van der Waals surface area contributed by atoms with Crippen LogP contribution in [0.2, 0.25) is 0 Å². The molecule has 2 aromatic heterocycles. The van der Waals surface area contributed by atoms with Crippen molar-refractivity contribution in [2.45, 2.75) is 20.0 Å². The first-order valence-corrected chi connectivity index (χ1v) is 7.98. The SMILES string of the molecule is CCn1cc(O)c(=O)cc1CN1CCN(c2ccccn2)CC1. The fraction of sp³-hybridized carbons (Fsp3) is 0.412. The average Bonchev–Trinajstić information content (AvgIpc) is 2.59. The van der Waals surface area contributed by atoms with E-state index in [1.54, 1.807) is 6.07 Å². The van der Waals surface area contributed by atoms with Crippen molar-refractivity contribution >= 4 is 5.82 Å². The predicted octanol–water partition coefficient (Wildman–Crippen LogP) is 1.29. The van der Waals surface area contributed by atoms with E-state index in [1.807, 2.05) is 35.9 Å². The normalized spacial score (nSPS) is 15.8. The number of aryl methyl sites for hydroxylation is 1. The van der Waals surface area contributed by atoms with Gasteiger partial charge in [0.15, 0.2) is 5.75 Å². The van der Waals surface area contributed by atoms with Crippen LogP contribution in [0.25, 0.3) is 0 Å². The van der Waals surface area contributed by atoms with Crippen molar-refractivity contribution < 1.29 is 5.11 Å². The van der Waals surface area contributed by atoms with Crippen LogP contribution in [0.15, 0.2) is 41.5 Å². The zero-order chi connectivity index (χ0) is 16.2. The lowest BCUT2D eigenvalue weighted by Gasteiger charge is -2.35. The molecule has 1 fully saturated rings. The standard InChI is InChI=1S/C17H22N4O2/c1-2-20-13-16(23)15(22)11-14(20)12-19-7-9-21(10-8-19)17-5-3-4-6-18-17/h3-6,11,13,23H,2,7-10,12H2,1H3. The molecule has 0 aromatic carbocycles. The summed E-state index contributed by atoms with van der Waals surface area (Å²) >= 11 is 0. The van der Waals surface area contributed by atoms with Crippen LogP contribution in [0.5, 0.6) is 5.75 Å². The highest BCUT2D eigenvalue weighted by molar-refractivity contribution is 5.38. The summed E-state index contributed by atoms with van der Waals surface area (Å²) < 4.78 is 1.93. The molecule has 1 aliphatic heterocycles. The Balaban J connectivity index is 1.65. The van der Waals surface area contributed by atoms with Crippen molar-refractivity contribution in [3.63, 3.8) is 0 Å². The predicted molar refractivity (Wildman–Crippen MR) is 89.8 cm³/mol. The van der Waals surface area contributed by atoms with Crippen LogP contribution in [0.4, 0.5) is 5.82 Å². The van der Waals surface area contributed by atoms with E-state index >= 15 is 0 Å². The number of anilines is 1. The number of hydrogen-bond acceptors (Lipinski definition) is 5. The second-order valence-electron chi connectivity index (χ2n) is 5.75. The Morgan fingerprint density at radius 1 is 1.22 bits per heavy atom. The molecule has 1 saturated heterocycles. The van der Waals surface area contributed by atoms with Gasteiger partial charge in [0.2, 0.25) is 5.43 Å². The summed E-state index contributed by atoms with van der Waals surface area (Å²) in [5.74, 6) is 0.831. The summed E-state index contributed by atoms with van der Waals surface area (Å²) in [4.78, 5) is 20.7. The lowest BCUT2D eigenvalue weighted by Crippen LogP contribution is -2.46. The molecule has 6 nitrogen and oxygen atoms in total. The Morgan fingerprint density at radius 3 is 2.65 bits per heavy atom. The van der Waals surface area contributed by atoms with E-state index in [-0.39, 0.29) is 11.2 Å². The number of pyridine rings is 2. The van der Waals surface area contributed by atoms with Gasteiger partial charge in [0.25, 0.3) is 0 Å². The molecule has 2 aromatic rings. The molecule has 0 spiro atoms. The van der Waals surface area contributed by atoms with Crippen LogP contribution in [0.3, 0.4) is 0 Å². The number of rotatable bonds is 4. The van der Waals surface area contributed by atoms with Gasteiger partial charge < -0.3 is 14.6 Å². The number of nitrogens with zero attached hydrogens (tertiary/aromatic N) is 4. The minimum Gasteiger partial charge on any atom is -0.503 e. The Kier molecular flexibility index (Phi) is 4.62. The van der Waals surface area contributed by atoms with Crippen LogP contribution in [-0.2, 0) is 13.1 Å². The van der Waals surface area contributed by atoms with Crippen LogP contribution in [0.1, 0.15) is 12.6 Å². The maximum absolute atomic E-state index is 11.7. The highest BCUT2D eigenvalue weighted by Gasteiger charge is 2.19. The fourth-order valence-corrected chi connectivity index (χ4v) is 2.94.